The molecule has 0 saturated heterocycles. The zero-order valence-corrected chi connectivity index (χ0v) is 10.00. The highest BCUT2D eigenvalue weighted by atomic mass is 19.1. The van der Waals surface area contributed by atoms with Crippen LogP contribution in [-0.2, 0) is 9.53 Å². The van der Waals surface area contributed by atoms with Crippen molar-refractivity contribution < 1.29 is 13.9 Å². The maximum atomic E-state index is 12.9. The minimum atomic E-state index is -0.322. The van der Waals surface area contributed by atoms with E-state index in [1.165, 1.54) is 25.3 Å². The summed E-state index contributed by atoms with van der Waals surface area (Å²) in [6, 6.07) is 4.21. The average Bonchev–Trinajstić information content (AvgIpc) is 2.29. The van der Waals surface area contributed by atoms with E-state index in [1.54, 1.807) is 6.92 Å². The fourth-order valence-electron chi connectivity index (χ4n) is 1.44. The van der Waals surface area contributed by atoms with Gasteiger partial charge in [0.1, 0.15) is 5.82 Å². The number of carbonyl (C=O) groups excluding carboxylic acids is 1. The van der Waals surface area contributed by atoms with E-state index < -0.39 is 0 Å². The van der Waals surface area contributed by atoms with Gasteiger partial charge < -0.3 is 15.8 Å². The van der Waals surface area contributed by atoms with Gasteiger partial charge in [-0.1, -0.05) is 0 Å². The summed E-state index contributed by atoms with van der Waals surface area (Å²) in [5, 5.41) is 2.70. The van der Waals surface area contributed by atoms with Crippen molar-refractivity contribution in [1.29, 1.82) is 0 Å². The first kappa shape index (κ1) is 13.6. The van der Waals surface area contributed by atoms with Crippen LogP contribution in [0.3, 0.4) is 0 Å². The molecule has 3 N–H and O–H groups in total. The number of hydrogen-bond donors (Lipinski definition) is 2. The number of nitrogens with one attached hydrogen (secondary N) is 1. The van der Waals surface area contributed by atoms with Gasteiger partial charge in [0.05, 0.1) is 12.5 Å². The van der Waals surface area contributed by atoms with Gasteiger partial charge in [0.15, 0.2) is 0 Å². The Balaban J connectivity index is 2.62. The van der Waals surface area contributed by atoms with Crippen molar-refractivity contribution in [1.82, 2.24) is 0 Å². The number of ether oxygens (including phenoxy) is 1. The first-order chi connectivity index (χ1) is 8.06. The minimum Gasteiger partial charge on any atom is -0.380 e. The summed E-state index contributed by atoms with van der Waals surface area (Å²) in [4.78, 5) is 11.6. The summed E-state index contributed by atoms with van der Waals surface area (Å²) in [5.41, 5.74) is 6.70. The van der Waals surface area contributed by atoms with Crippen molar-refractivity contribution in [2.45, 2.75) is 19.4 Å². The van der Waals surface area contributed by atoms with Crippen LogP contribution in [0.5, 0.6) is 0 Å². The molecule has 1 atom stereocenters. The standard InChI is InChI=1S/C12H17FN2O2/c1-8-5-9(13)3-4-11(8)15-12(16)6-10(7-14)17-2/h3-5,10H,6-7,14H2,1-2H3,(H,15,16). The Bertz CT molecular complexity index is 392. The van der Waals surface area contributed by atoms with Crippen LogP contribution < -0.4 is 11.1 Å². The molecule has 1 unspecified atom stereocenters. The minimum absolute atomic E-state index is 0.184. The molecule has 0 spiro atoms. The van der Waals surface area contributed by atoms with Gasteiger partial charge in [-0.05, 0) is 30.7 Å². The summed E-state index contributed by atoms with van der Waals surface area (Å²) in [7, 11) is 1.51. The molecule has 0 aliphatic rings. The van der Waals surface area contributed by atoms with Crippen LogP contribution in [0.25, 0.3) is 0 Å². The van der Waals surface area contributed by atoms with Crippen molar-refractivity contribution in [2.24, 2.45) is 5.73 Å². The summed E-state index contributed by atoms with van der Waals surface area (Å²) >= 11 is 0. The Morgan fingerprint density at radius 1 is 1.59 bits per heavy atom. The number of aryl methyl sites for hydroxylation is 1. The fourth-order valence-corrected chi connectivity index (χ4v) is 1.44. The molecule has 1 rings (SSSR count). The van der Waals surface area contributed by atoms with Crippen LogP contribution in [0.1, 0.15) is 12.0 Å². The molecule has 0 aliphatic carbocycles. The van der Waals surface area contributed by atoms with E-state index in [0.717, 1.165) is 0 Å². The molecule has 4 nitrogen and oxygen atoms in total. The van der Waals surface area contributed by atoms with Crippen LogP contribution >= 0.6 is 0 Å². The number of nitrogens with two attached hydrogens (primary N) is 1. The Hall–Kier alpha value is -1.46. The van der Waals surface area contributed by atoms with Gasteiger partial charge in [0.25, 0.3) is 0 Å². The van der Waals surface area contributed by atoms with Gasteiger partial charge in [-0.15, -0.1) is 0 Å². The second kappa shape index (κ2) is 6.32. The van der Waals surface area contributed by atoms with Crippen LogP contribution in [0.15, 0.2) is 18.2 Å². The van der Waals surface area contributed by atoms with E-state index >= 15 is 0 Å². The highest BCUT2D eigenvalue weighted by Crippen LogP contribution is 2.16. The topological polar surface area (TPSA) is 64.3 Å². The summed E-state index contributed by atoms with van der Waals surface area (Å²) in [6.07, 6.45) is -0.111. The molecule has 0 radical (unpaired) electrons. The average molecular weight is 240 g/mol. The maximum absolute atomic E-state index is 12.9. The van der Waals surface area contributed by atoms with Crippen LogP contribution in [-0.4, -0.2) is 25.7 Å². The molecule has 5 heteroatoms. The fraction of sp³-hybridized carbons (Fsp3) is 0.417. The molecule has 0 aromatic heterocycles. The molecule has 0 fully saturated rings. The number of methoxy groups -OCH3 is 1. The first-order valence-electron chi connectivity index (χ1n) is 5.35. The Morgan fingerprint density at radius 2 is 2.29 bits per heavy atom. The molecule has 0 bridgehead atoms. The quantitative estimate of drug-likeness (QED) is 0.818. The summed E-state index contributed by atoms with van der Waals surface area (Å²) in [5.74, 6) is -0.519. The van der Waals surface area contributed by atoms with Gasteiger partial charge in [-0.3, -0.25) is 4.79 Å². The lowest BCUT2D eigenvalue weighted by Gasteiger charge is -2.13. The molecular formula is C12H17FN2O2. The van der Waals surface area contributed by atoms with Gasteiger partial charge in [-0.25, -0.2) is 4.39 Å². The molecule has 1 aromatic carbocycles. The van der Waals surface area contributed by atoms with Crippen molar-refractivity contribution in [3.63, 3.8) is 0 Å². The molecular weight excluding hydrogens is 223 g/mol. The van der Waals surface area contributed by atoms with E-state index in [0.29, 0.717) is 11.3 Å². The number of rotatable bonds is 5. The third-order valence-corrected chi connectivity index (χ3v) is 2.47. The van der Waals surface area contributed by atoms with Crippen molar-refractivity contribution >= 4 is 11.6 Å². The molecule has 1 aromatic rings. The monoisotopic (exact) mass is 240 g/mol. The van der Waals surface area contributed by atoms with Crippen molar-refractivity contribution in [3.8, 4) is 0 Å². The van der Waals surface area contributed by atoms with Crippen molar-refractivity contribution in [3.05, 3.63) is 29.6 Å². The molecule has 1 amide bonds. The van der Waals surface area contributed by atoms with E-state index in [4.69, 9.17) is 10.5 Å². The molecule has 94 valence electrons. The van der Waals surface area contributed by atoms with Crippen molar-refractivity contribution in [2.75, 3.05) is 19.0 Å². The highest BCUT2D eigenvalue weighted by molar-refractivity contribution is 5.91. The zero-order chi connectivity index (χ0) is 12.8. The lowest BCUT2D eigenvalue weighted by Crippen LogP contribution is -2.28. The number of benzene rings is 1. The SMILES string of the molecule is COC(CN)CC(=O)Nc1ccc(F)cc1C. The second-order valence-electron chi connectivity index (χ2n) is 3.80. The van der Waals surface area contributed by atoms with Gasteiger partial charge in [-0.2, -0.15) is 0 Å². The first-order valence-corrected chi connectivity index (χ1v) is 5.35. The van der Waals surface area contributed by atoms with Gasteiger partial charge >= 0.3 is 0 Å². The molecule has 17 heavy (non-hydrogen) atoms. The Morgan fingerprint density at radius 3 is 2.82 bits per heavy atom. The lowest BCUT2D eigenvalue weighted by molar-refractivity contribution is -0.118. The summed E-state index contributed by atoms with van der Waals surface area (Å²) < 4.78 is 17.9. The highest BCUT2D eigenvalue weighted by Gasteiger charge is 2.12. The largest absolute Gasteiger partial charge is 0.380 e. The van der Waals surface area contributed by atoms with E-state index in [9.17, 15) is 9.18 Å². The third-order valence-electron chi connectivity index (χ3n) is 2.47. The molecule has 0 aliphatic heterocycles. The van der Waals surface area contributed by atoms with Gasteiger partial charge in [0.2, 0.25) is 5.91 Å². The zero-order valence-electron chi connectivity index (χ0n) is 10.00. The molecule has 0 heterocycles. The smallest absolute Gasteiger partial charge is 0.227 e. The third kappa shape index (κ3) is 4.13. The van der Waals surface area contributed by atoms with Gasteiger partial charge in [0, 0.05) is 19.3 Å². The van der Waals surface area contributed by atoms with Crippen LogP contribution in [0.4, 0.5) is 10.1 Å². The predicted molar refractivity (Wildman–Crippen MR) is 64.2 cm³/mol. The van der Waals surface area contributed by atoms with E-state index in [2.05, 4.69) is 5.32 Å². The van der Waals surface area contributed by atoms with Crippen LogP contribution in [0, 0.1) is 12.7 Å². The Kier molecular flexibility index (Phi) is 5.06. The normalized spacial score (nSPS) is 12.2. The summed E-state index contributed by atoms with van der Waals surface area (Å²) in [6.45, 7) is 2.02. The van der Waals surface area contributed by atoms with E-state index in [1.807, 2.05) is 0 Å². The number of halogens is 1. The molecule has 0 saturated carbocycles. The second-order valence-corrected chi connectivity index (χ2v) is 3.80. The predicted octanol–water partition coefficient (Wildman–Crippen LogP) is 1.44. The number of carbonyl (C=O) groups is 1. The number of hydrogen-bond acceptors (Lipinski definition) is 3. The number of amides is 1. The Labute approximate surface area is 100.0 Å². The number of anilines is 1. The van der Waals surface area contributed by atoms with E-state index in [-0.39, 0.29) is 30.8 Å². The van der Waals surface area contributed by atoms with Crippen LogP contribution in [0.2, 0.25) is 0 Å². The maximum Gasteiger partial charge on any atom is 0.227 e. The lowest BCUT2D eigenvalue weighted by atomic mass is 10.2.